The molecule has 2 aromatic heterocycles. The minimum Gasteiger partial charge on any atom is -0.294 e. The van der Waals surface area contributed by atoms with Gasteiger partial charge in [-0.25, -0.2) is 5.84 Å². The number of rotatable bonds is 5. The zero-order valence-electron chi connectivity index (χ0n) is 9.17. The van der Waals surface area contributed by atoms with E-state index in [1.54, 1.807) is 11.8 Å². The largest absolute Gasteiger partial charge is 0.294 e. The lowest BCUT2D eigenvalue weighted by molar-refractivity contribution is -0.121. The fourth-order valence-corrected chi connectivity index (χ4v) is 2.25. The minimum atomic E-state index is -0.142. The quantitative estimate of drug-likeness (QED) is 0.267. The molecule has 0 saturated carbocycles. The highest BCUT2D eigenvalue weighted by Gasteiger charge is 2.05. The molecule has 0 aromatic carbocycles. The average molecular weight is 251 g/mol. The first-order valence-electron chi connectivity index (χ1n) is 5.23. The van der Waals surface area contributed by atoms with E-state index in [1.807, 2.05) is 28.8 Å². The Morgan fingerprint density at radius 1 is 1.47 bits per heavy atom. The number of hydrazine groups is 1. The molecule has 6 nitrogen and oxygen atoms in total. The normalized spacial score (nSPS) is 10.6. The van der Waals surface area contributed by atoms with Gasteiger partial charge in [-0.05, 0) is 18.6 Å². The SMILES string of the molecule is NNC(=O)CCCSc1nnc2ccccn12. The van der Waals surface area contributed by atoms with Gasteiger partial charge in [0.15, 0.2) is 10.8 Å². The number of thioether (sulfide) groups is 1. The van der Waals surface area contributed by atoms with Gasteiger partial charge in [-0.2, -0.15) is 0 Å². The van der Waals surface area contributed by atoms with E-state index in [4.69, 9.17) is 5.84 Å². The molecule has 0 bridgehead atoms. The predicted molar refractivity (Wildman–Crippen MR) is 65.3 cm³/mol. The number of hydrogen-bond donors (Lipinski definition) is 2. The lowest BCUT2D eigenvalue weighted by Gasteiger charge is -2.00. The summed E-state index contributed by atoms with van der Waals surface area (Å²) < 4.78 is 1.92. The molecule has 90 valence electrons. The Morgan fingerprint density at radius 3 is 3.18 bits per heavy atom. The molecule has 0 atom stereocenters. The van der Waals surface area contributed by atoms with Crippen LogP contribution >= 0.6 is 11.8 Å². The van der Waals surface area contributed by atoms with Crippen molar-refractivity contribution in [1.82, 2.24) is 20.0 Å². The van der Waals surface area contributed by atoms with Crippen molar-refractivity contribution in [2.45, 2.75) is 18.0 Å². The number of nitrogens with two attached hydrogens (primary N) is 1. The third kappa shape index (κ3) is 2.95. The van der Waals surface area contributed by atoms with Crippen molar-refractivity contribution in [1.29, 1.82) is 0 Å². The Kier molecular flexibility index (Phi) is 3.94. The number of amides is 1. The van der Waals surface area contributed by atoms with E-state index in [0.717, 1.165) is 23.0 Å². The molecule has 2 aromatic rings. The molecular formula is C10H13N5OS. The van der Waals surface area contributed by atoms with E-state index in [1.165, 1.54) is 0 Å². The van der Waals surface area contributed by atoms with E-state index in [9.17, 15) is 4.79 Å². The number of hydrogen-bond acceptors (Lipinski definition) is 5. The number of carbonyl (C=O) groups is 1. The number of pyridine rings is 1. The van der Waals surface area contributed by atoms with Gasteiger partial charge in [0.2, 0.25) is 5.91 Å². The Balaban J connectivity index is 1.89. The van der Waals surface area contributed by atoms with E-state index in [0.29, 0.717) is 6.42 Å². The fraction of sp³-hybridized carbons (Fsp3) is 0.300. The number of aromatic nitrogens is 3. The summed E-state index contributed by atoms with van der Waals surface area (Å²) >= 11 is 1.58. The molecular weight excluding hydrogens is 238 g/mol. The molecule has 3 N–H and O–H groups in total. The van der Waals surface area contributed by atoms with E-state index >= 15 is 0 Å². The van der Waals surface area contributed by atoms with Crippen LogP contribution in [-0.4, -0.2) is 26.3 Å². The van der Waals surface area contributed by atoms with Gasteiger partial charge in [0, 0.05) is 18.4 Å². The van der Waals surface area contributed by atoms with Crippen molar-refractivity contribution >= 4 is 23.3 Å². The van der Waals surface area contributed by atoms with Gasteiger partial charge in [0.05, 0.1) is 0 Å². The van der Waals surface area contributed by atoms with Crippen LogP contribution in [0.2, 0.25) is 0 Å². The molecule has 1 amide bonds. The van der Waals surface area contributed by atoms with Crippen LogP contribution in [0.1, 0.15) is 12.8 Å². The Bertz CT molecular complexity index is 512. The summed E-state index contributed by atoms with van der Waals surface area (Å²) in [5.41, 5.74) is 2.94. The zero-order valence-corrected chi connectivity index (χ0v) is 9.98. The summed E-state index contributed by atoms with van der Waals surface area (Å²) in [4.78, 5) is 10.9. The van der Waals surface area contributed by atoms with Crippen molar-refractivity contribution in [3.05, 3.63) is 24.4 Å². The molecule has 0 saturated heterocycles. The molecule has 0 aliphatic rings. The summed E-state index contributed by atoms with van der Waals surface area (Å²) in [6, 6.07) is 5.76. The number of fused-ring (bicyclic) bond motifs is 1. The molecule has 7 heteroatoms. The summed E-state index contributed by atoms with van der Waals surface area (Å²) in [5.74, 6) is 5.66. The first kappa shape index (κ1) is 11.9. The van der Waals surface area contributed by atoms with Crippen LogP contribution < -0.4 is 11.3 Å². The monoisotopic (exact) mass is 251 g/mol. The maximum Gasteiger partial charge on any atom is 0.233 e. The number of nitrogens with zero attached hydrogens (tertiary/aromatic N) is 3. The molecule has 2 rings (SSSR count). The highest BCUT2D eigenvalue weighted by molar-refractivity contribution is 7.99. The molecule has 0 spiro atoms. The van der Waals surface area contributed by atoms with Crippen LogP contribution in [-0.2, 0) is 4.79 Å². The topological polar surface area (TPSA) is 85.3 Å². The second kappa shape index (κ2) is 5.65. The van der Waals surface area contributed by atoms with Crippen molar-refractivity contribution in [3.8, 4) is 0 Å². The van der Waals surface area contributed by atoms with E-state index in [2.05, 4.69) is 15.6 Å². The summed E-state index contributed by atoms with van der Waals surface area (Å²) in [5, 5.41) is 8.97. The van der Waals surface area contributed by atoms with Crippen LogP contribution in [0.15, 0.2) is 29.6 Å². The minimum absolute atomic E-state index is 0.142. The van der Waals surface area contributed by atoms with E-state index in [-0.39, 0.29) is 5.91 Å². The molecule has 2 heterocycles. The molecule has 0 radical (unpaired) electrons. The third-order valence-electron chi connectivity index (χ3n) is 2.22. The Hall–Kier alpha value is -1.60. The molecule has 0 unspecified atom stereocenters. The third-order valence-corrected chi connectivity index (χ3v) is 3.25. The Labute approximate surface area is 103 Å². The summed E-state index contributed by atoms with van der Waals surface area (Å²) in [6.45, 7) is 0. The van der Waals surface area contributed by atoms with Crippen molar-refractivity contribution < 1.29 is 4.79 Å². The van der Waals surface area contributed by atoms with Gasteiger partial charge in [-0.15, -0.1) is 10.2 Å². The smallest absolute Gasteiger partial charge is 0.233 e. The van der Waals surface area contributed by atoms with Crippen molar-refractivity contribution in [3.63, 3.8) is 0 Å². The highest BCUT2D eigenvalue weighted by atomic mass is 32.2. The van der Waals surface area contributed by atoms with Crippen LogP contribution in [0.5, 0.6) is 0 Å². The number of carbonyl (C=O) groups excluding carboxylic acids is 1. The first-order valence-corrected chi connectivity index (χ1v) is 6.22. The lowest BCUT2D eigenvalue weighted by Crippen LogP contribution is -2.29. The second-order valence-corrected chi connectivity index (χ2v) is 4.49. The molecule has 0 aliphatic carbocycles. The van der Waals surface area contributed by atoms with Crippen molar-refractivity contribution in [2.75, 3.05) is 5.75 Å². The molecule has 0 aliphatic heterocycles. The maximum absolute atomic E-state index is 10.9. The molecule has 0 fully saturated rings. The van der Waals surface area contributed by atoms with Crippen LogP contribution in [0, 0.1) is 0 Å². The highest BCUT2D eigenvalue weighted by Crippen LogP contribution is 2.17. The zero-order chi connectivity index (χ0) is 12.1. The second-order valence-electron chi connectivity index (χ2n) is 3.43. The summed E-state index contributed by atoms with van der Waals surface area (Å²) in [7, 11) is 0. The van der Waals surface area contributed by atoms with Gasteiger partial charge in [-0.3, -0.25) is 14.6 Å². The van der Waals surface area contributed by atoms with Gasteiger partial charge in [0.25, 0.3) is 0 Å². The van der Waals surface area contributed by atoms with Crippen LogP contribution in [0.25, 0.3) is 5.65 Å². The first-order chi connectivity index (χ1) is 8.31. The van der Waals surface area contributed by atoms with Gasteiger partial charge >= 0.3 is 0 Å². The Morgan fingerprint density at radius 2 is 2.35 bits per heavy atom. The lowest BCUT2D eigenvalue weighted by atomic mass is 10.3. The molecule has 17 heavy (non-hydrogen) atoms. The number of nitrogens with one attached hydrogen (secondary N) is 1. The average Bonchev–Trinajstić information content (AvgIpc) is 2.78. The van der Waals surface area contributed by atoms with Gasteiger partial charge in [-0.1, -0.05) is 17.8 Å². The fourth-order valence-electron chi connectivity index (χ4n) is 1.39. The summed E-state index contributed by atoms with van der Waals surface area (Å²) in [6.07, 6.45) is 3.11. The van der Waals surface area contributed by atoms with Crippen LogP contribution in [0.4, 0.5) is 0 Å². The van der Waals surface area contributed by atoms with Crippen molar-refractivity contribution in [2.24, 2.45) is 5.84 Å². The van der Waals surface area contributed by atoms with Gasteiger partial charge in [0.1, 0.15) is 0 Å². The van der Waals surface area contributed by atoms with E-state index < -0.39 is 0 Å². The van der Waals surface area contributed by atoms with Gasteiger partial charge < -0.3 is 0 Å². The standard InChI is InChI=1S/C10H13N5OS/c11-12-9(16)5-3-7-17-10-14-13-8-4-1-2-6-15(8)10/h1-2,4,6H,3,5,7,11H2,(H,12,16). The maximum atomic E-state index is 10.9. The van der Waals surface area contributed by atoms with Crippen LogP contribution in [0.3, 0.4) is 0 Å². The predicted octanol–water partition coefficient (Wildman–Crippen LogP) is 0.591.